The maximum absolute atomic E-state index is 11.8. The zero-order valence-corrected chi connectivity index (χ0v) is 10.7. The molecule has 0 spiro atoms. The molecule has 0 bridgehead atoms. The average molecular weight is 261 g/mol. The van der Waals surface area contributed by atoms with Crippen molar-refractivity contribution in [2.24, 2.45) is 0 Å². The molecule has 3 heterocycles. The Balaban J connectivity index is 2.00. The molecule has 3 rings (SSSR count). The first-order chi connectivity index (χ1) is 9.29. The molecule has 1 N–H and O–H groups in total. The third kappa shape index (κ3) is 2.12. The van der Waals surface area contributed by atoms with E-state index in [0.29, 0.717) is 11.3 Å². The highest BCUT2D eigenvalue weighted by molar-refractivity contribution is 5.92. The van der Waals surface area contributed by atoms with Crippen molar-refractivity contribution in [3.05, 3.63) is 24.0 Å². The molecule has 1 saturated heterocycles. The maximum atomic E-state index is 11.8. The van der Waals surface area contributed by atoms with Gasteiger partial charge in [0.1, 0.15) is 5.82 Å². The van der Waals surface area contributed by atoms with E-state index in [1.807, 2.05) is 12.1 Å². The number of imidazole rings is 1. The molecule has 1 fully saturated rings. The van der Waals surface area contributed by atoms with Crippen LogP contribution >= 0.6 is 0 Å². The van der Waals surface area contributed by atoms with Gasteiger partial charge in [-0.1, -0.05) is 0 Å². The number of hydrogen-bond donors (Lipinski definition) is 1. The molecule has 0 radical (unpaired) electrons. The largest absolute Gasteiger partial charge is 0.355 e. The van der Waals surface area contributed by atoms with Crippen molar-refractivity contribution < 1.29 is 9.63 Å². The lowest BCUT2D eigenvalue weighted by atomic mass is 10.4. The van der Waals surface area contributed by atoms with Crippen molar-refractivity contribution in [1.29, 1.82) is 0 Å². The Morgan fingerprint density at radius 1 is 1.37 bits per heavy atom. The van der Waals surface area contributed by atoms with E-state index in [2.05, 4.69) is 25.3 Å². The van der Waals surface area contributed by atoms with Crippen LogP contribution < -0.4 is 10.4 Å². The van der Waals surface area contributed by atoms with Crippen molar-refractivity contribution in [3.63, 3.8) is 0 Å². The Morgan fingerprint density at radius 2 is 2.16 bits per heavy atom. The van der Waals surface area contributed by atoms with Crippen LogP contribution in [0.3, 0.4) is 0 Å². The number of anilines is 1. The number of aromatic nitrogens is 3. The first kappa shape index (κ1) is 11.9. The standard InChI is InChI=1S/C12H15N5O2/c1-19-15-12(18)9-8-13-10-4-5-11(14-17(9)10)16-6-2-3-7-16/h4-5,8H,2-3,6-7H2,1H3,(H,15,18). The van der Waals surface area contributed by atoms with Gasteiger partial charge in [0, 0.05) is 13.1 Å². The van der Waals surface area contributed by atoms with Crippen molar-refractivity contribution >= 4 is 17.4 Å². The zero-order chi connectivity index (χ0) is 13.2. The monoisotopic (exact) mass is 261 g/mol. The number of nitrogens with zero attached hydrogens (tertiary/aromatic N) is 4. The minimum absolute atomic E-state index is 0.359. The average Bonchev–Trinajstić information content (AvgIpc) is 3.07. The van der Waals surface area contributed by atoms with Gasteiger partial charge in [0.25, 0.3) is 5.91 Å². The van der Waals surface area contributed by atoms with Crippen LogP contribution in [0.25, 0.3) is 5.65 Å². The highest BCUT2D eigenvalue weighted by Crippen LogP contribution is 2.18. The van der Waals surface area contributed by atoms with E-state index in [1.165, 1.54) is 26.1 Å². The SMILES string of the molecule is CONC(=O)c1cnc2ccc(N3CCCC3)nn12. The Hall–Kier alpha value is -2.15. The van der Waals surface area contributed by atoms with E-state index >= 15 is 0 Å². The van der Waals surface area contributed by atoms with Crippen molar-refractivity contribution in [2.75, 3.05) is 25.1 Å². The van der Waals surface area contributed by atoms with E-state index in [4.69, 9.17) is 0 Å². The number of carbonyl (C=O) groups is 1. The molecule has 0 aromatic carbocycles. The highest BCUT2D eigenvalue weighted by Gasteiger charge is 2.17. The van der Waals surface area contributed by atoms with Gasteiger partial charge in [-0.05, 0) is 25.0 Å². The number of carbonyl (C=O) groups excluding carboxylic acids is 1. The lowest BCUT2D eigenvalue weighted by Crippen LogP contribution is -2.25. The smallest absolute Gasteiger partial charge is 0.295 e. The van der Waals surface area contributed by atoms with Gasteiger partial charge in [-0.3, -0.25) is 9.63 Å². The summed E-state index contributed by atoms with van der Waals surface area (Å²) in [6.07, 6.45) is 3.85. The molecule has 7 nitrogen and oxygen atoms in total. The second-order valence-electron chi connectivity index (χ2n) is 4.43. The number of hydroxylamine groups is 1. The predicted octanol–water partition coefficient (Wildman–Crippen LogP) is 0.621. The highest BCUT2D eigenvalue weighted by atomic mass is 16.6. The Labute approximate surface area is 110 Å². The van der Waals surface area contributed by atoms with Crippen LogP contribution in [-0.4, -0.2) is 40.7 Å². The second-order valence-corrected chi connectivity index (χ2v) is 4.43. The molecule has 1 aliphatic heterocycles. The van der Waals surface area contributed by atoms with E-state index in [1.54, 1.807) is 4.52 Å². The topological polar surface area (TPSA) is 71.8 Å². The van der Waals surface area contributed by atoms with E-state index in [0.717, 1.165) is 18.9 Å². The first-order valence-electron chi connectivity index (χ1n) is 6.22. The molecule has 0 saturated carbocycles. The molecule has 2 aromatic heterocycles. The minimum atomic E-state index is -0.360. The molecular weight excluding hydrogens is 246 g/mol. The van der Waals surface area contributed by atoms with Gasteiger partial charge in [0.15, 0.2) is 11.3 Å². The van der Waals surface area contributed by atoms with Crippen molar-refractivity contribution in [1.82, 2.24) is 20.1 Å². The summed E-state index contributed by atoms with van der Waals surface area (Å²) in [7, 11) is 1.39. The van der Waals surface area contributed by atoms with E-state index < -0.39 is 0 Å². The fourth-order valence-corrected chi connectivity index (χ4v) is 2.28. The number of rotatable bonds is 3. The normalized spacial score (nSPS) is 15.1. The quantitative estimate of drug-likeness (QED) is 0.820. The summed E-state index contributed by atoms with van der Waals surface area (Å²) >= 11 is 0. The molecule has 2 aromatic rings. The van der Waals surface area contributed by atoms with Crippen LogP contribution in [0.4, 0.5) is 5.82 Å². The predicted molar refractivity (Wildman–Crippen MR) is 68.9 cm³/mol. The third-order valence-corrected chi connectivity index (χ3v) is 3.21. The third-order valence-electron chi connectivity index (χ3n) is 3.21. The molecule has 19 heavy (non-hydrogen) atoms. The van der Waals surface area contributed by atoms with E-state index in [9.17, 15) is 4.79 Å². The number of hydrogen-bond acceptors (Lipinski definition) is 5. The Morgan fingerprint density at radius 3 is 2.89 bits per heavy atom. The van der Waals surface area contributed by atoms with Crippen LogP contribution in [0.2, 0.25) is 0 Å². The van der Waals surface area contributed by atoms with Gasteiger partial charge in [-0.15, -0.1) is 5.10 Å². The van der Waals surface area contributed by atoms with Crippen molar-refractivity contribution in [2.45, 2.75) is 12.8 Å². The first-order valence-corrected chi connectivity index (χ1v) is 6.22. The van der Waals surface area contributed by atoms with Gasteiger partial charge in [-0.25, -0.2) is 15.0 Å². The van der Waals surface area contributed by atoms with Crippen LogP contribution in [0.15, 0.2) is 18.3 Å². The van der Waals surface area contributed by atoms with Gasteiger partial charge < -0.3 is 4.90 Å². The molecule has 0 atom stereocenters. The summed E-state index contributed by atoms with van der Waals surface area (Å²) in [5.74, 6) is 0.510. The fraction of sp³-hybridized carbons (Fsp3) is 0.417. The summed E-state index contributed by atoms with van der Waals surface area (Å²) in [6.45, 7) is 2.01. The van der Waals surface area contributed by atoms with Crippen molar-refractivity contribution in [3.8, 4) is 0 Å². The lowest BCUT2D eigenvalue weighted by Gasteiger charge is -2.16. The molecule has 7 heteroatoms. The van der Waals surface area contributed by atoms with Crippen LogP contribution in [-0.2, 0) is 4.84 Å². The van der Waals surface area contributed by atoms with Gasteiger partial charge in [0.2, 0.25) is 0 Å². The van der Waals surface area contributed by atoms with Gasteiger partial charge >= 0.3 is 0 Å². The molecule has 0 unspecified atom stereocenters. The van der Waals surface area contributed by atoms with E-state index in [-0.39, 0.29) is 5.91 Å². The molecular formula is C12H15N5O2. The van der Waals surface area contributed by atoms with Gasteiger partial charge in [-0.2, -0.15) is 0 Å². The molecule has 1 aliphatic rings. The Bertz CT molecular complexity index is 603. The lowest BCUT2D eigenvalue weighted by molar-refractivity contribution is 0.0530. The summed E-state index contributed by atoms with van der Waals surface area (Å²) in [5, 5.41) is 4.48. The number of amides is 1. The molecule has 100 valence electrons. The summed E-state index contributed by atoms with van der Waals surface area (Å²) < 4.78 is 1.54. The van der Waals surface area contributed by atoms with Crippen LogP contribution in [0.5, 0.6) is 0 Å². The fourth-order valence-electron chi connectivity index (χ4n) is 2.28. The summed E-state index contributed by atoms with van der Waals surface area (Å²) in [4.78, 5) is 22.8. The van der Waals surface area contributed by atoms with Gasteiger partial charge in [0.05, 0.1) is 13.3 Å². The van der Waals surface area contributed by atoms with Crippen LogP contribution in [0, 0.1) is 0 Å². The molecule has 0 aliphatic carbocycles. The maximum Gasteiger partial charge on any atom is 0.295 e. The molecule has 1 amide bonds. The van der Waals surface area contributed by atoms with Crippen LogP contribution in [0.1, 0.15) is 23.3 Å². The number of nitrogens with one attached hydrogen (secondary N) is 1. The summed E-state index contributed by atoms with van der Waals surface area (Å²) in [5.41, 5.74) is 3.28. The minimum Gasteiger partial charge on any atom is -0.355 e. The number of fused-ring (bicyclic) bond motifs is 1. The second kappa shape index (κ2) is 4.85. The zero-order valence-electron chi connectivity index (χ0n) is 10.7. The Kier molecular flexibility index (Phi) is 3.04. The summed E-state index contributed by atoms with van der Waals surface area (Å²) in [6, 6.07) is 3.80.